The highest BCUT2D eigenvalue weighted by molar-refractivity contribution is 6.49. The zero-order valence-corrected chi connectivity index (χ0v) is 22.4. The third-order valence-electron chi connectivity index (χ3n) is 9.06. The summed E-state index contributed by atoms with van der Waals surface area (Å²) in [5.74, 6) is 0. The van der Waals surface area contributed by atoms with Crippen molar-refractivity contribution >= 4 is 64.6 Å². The molecule has 6 aromatic carbocycles. The first-order chi connectivity index (χ1) is 20.2. The number of hydrogen-bond acceptors (Lipinski definition) is 4. The van der Waals surface area contributed by atoms with Crippen molar-refractivity contribution in [1.29, 1.82) is 0 Å². The molecule has 9 rings (SSSR count). The van der Waals surface area contributed by atoms with E-state index in [0.29, 0.717) is 17.3 Å². The summed E-state index contributed by atoms with van der Waals surface area (Å²) in [6.07, 6.45) is 8.89. The molecule has 194 valence electrons. The van der Waals surface area contributed by atoms with Gasteiger partial charge < -0.3 is 0 Å². The van der Waals surface area contributed by atoms with Crippen molar-refractivity contribution in [2.75, 3.05) is 0 Å². The Morgan fingerprint density at radius 3 is 1.49 bits per heavy atom. The molecule has 0 N–H and O–H groups in total. The van der Waals surface area contributed by atoms with E-state index in [1.807, 2.05) is 24.3 Å². The van der Waals surface area contributed by atoms with E-state index in [1.165, 1.54) is 20.7 Å². The zero-order chi connectivity index (χ0) is 27.4. The fourth-order valence-electron chi connectivity index (χ4n) is 7.29. The Kier molecular flexibility index (Phi) is 4.39. The van der Waals surface area contributed by atoms with Gasteiger partial charge in [-0.25, -0.2) is 0 Å². The lowest BCUT2D eigenvalue weighted by Crippen LogP contribution is -2.25. The number of fused-ring (bicyclic) bond motifs is 3. The van der Waals surface area contributed by atoms with Crippen molar-refractivity contribution in [3.05, 3.63) is 106 Å². The molecule has 0 atom stereocenters. The van der Waals surface area contributed by atoms with Crippen LogP contribution in [0.25, 0.3) is 86.9 Å². The Morgan fingerprint density at radius 1 is 0.561 bits per heavy atom. The van der Waals surface area contributed by atoms with E-state index >= 15 is 0 Å². The highest BCUT2D eigenvalue weighted by atomic mass is 16.2. The van der Waals surface area contributed by atoms with E-state index in [2.05, 4.69) is 53.3 Å². The zero-order valence-electron chi connectivity index (χ0n) is 22.4. The maximum Gasteiger partial charge on any atom is 0.262 e. The molecule has 0 aliphatic carbocycles. The van der Waals surface area contributed by atoms with Gasteiger partial charge in [0.2, 0.25) is 0 Å². The molecule has 0 aliphatic heterocycles. The van der Waals surface area contributed by atoms with Crippen LogP contribution in [0.1, 0.15) is 19.8 Å². The van der Waals surface area contributed by atoms with E-state index < -0.39 is 0 Å². The summed E-state index contributed by atoms with van der Waals surface area (Å²) in [7, 11) is 0. The third kappa shape index (κ3) is 2.75. The number of benzene rings is 5. The molecule has 3 heterocycles. The van der Waals surface area contributed by atoms with Gasteiger partial charge in [-0.15, -0.1) is 0 Å². The second kappa shape index (κ2) is 7.95. The van der Waals surface area contributed by atoms with Gasteiger partial charge in [0.1, 0.15) is 0 Å². The maximum atomic E-state index is 14.1. The predicted molar refractivity (Wildman–Crippen MR) is 168 cm³/mol. The van der Waals surface area contributed by atoms with E-state index in [-0.39, 0.29) is 11.1 Å². The van der Waals surface area contributed by atoms with Crippen LogP contribution >= 0.6 is 0 Å². The normalized spacial score (nSPS) is 12.5. The van der Waals surface area contributed by atoms with Gasteiger partial charge in [-0.05, 0) is 119 Å². The van der Waals surface area contributed by atoms with Gasteiger partial charge >= 0.3 is 0 Å². The van der Waals surface area contributed by atoms with Crippen LogP contribution in [0.4, 0.5) is 0 Å². The molecule has 0 aliphatic rings. The Morgan fingerprint density at radius 2 is 1.02 bits per heavy atom. The maximum absolute atomic E-state index is 14.1. The average molecular weight is 530 g/mol. The SMILES string of the molecule is CCCCn1c(=O)c2c3cc(-c4ccncc4)c4ccc5ccc6c(-c7ccncc7)cc(c2c1=O)c1c6c5c4c31. The predicted octanol–water partition coefficient (Wildman–Crippen LogP) is 7.80. The number of hydrogen-bond donors (Lipinski definition) is 0. The van der Waals surface area contributed by atoms with E-state index in [4.69, 9.17) is 0 Å². The first-order valence-electron chi connectivity index (χ1n) is 14.1. The molecule has 0 saturated carbocycles. The summed E-state index contributed by atoms with van der Waals surface area (Å²) in [6.45, 7) is 2.51. The number of rotatable bonds is 5. The van der Waals surface area contributed by atoms with Crippen LogP contribution in [0.2, 0.25) is 0 Å². The summed E-state index contributed by atoms with van der Waals surface area (Å²) in [4.78, 5) is 36.8. The average Bonchev–Trinajstić information content (AvgIpc) is 3.51. The molecule has 41 heavy (non-hydrogen) atoms. The van der Waals surface area contributed by atoms with Crippen molar-refractivity contribution in [1.82, 2.24) is 14.5 Å². The van der Waals surface area contributed by atoms with Crippen LogP contribution in [0, 0.1) is 0 Å². The second-order valence-corrected chi connectivity index (χ2v) is 11.1. The molecule has 0 amide bonds. The van der Waals surface area contributed by atoms with Crippen LogP contribution in [0.15, 0.2) is 95.0 Å². The Balaban J connectivity index is 1.62. The molecule has 9 aromatic rings. The van der Waals surface area contributed by atoms with Crippen molar-refractivity contribution in [3.8, 4) is 22.3 Å². The monoisotopic (exact) mass is 529 g/mol. The summed E-state index contributed by atoms with van der Waals surface area (Å²) in [6, 6.07) is 21.1. The molecule has 0 bridgehead atoms. The highest BCUT2D eigenvalue weighted by Crippen LogP contribution is 2.53. The largest absolute Gasteiger partial charge is 0.274 e. The molecular weight excluding hydrogens is 506 g/mol. The molecule has 5 heteroatoms. The number of nitrogens with zero attached hydrogens (tertiary/aromatic N) is 3. The first kappa shape index (κ1) is 22.6. The van der Waals surface area contributed by atoms with E-state index in [9.17, 15) is 9.59 Å². The lowest BCUT2D eigenvalue weighted by Gasteiger charge is -2.12. The quantitative estimate of drug-likeness (QED) is 0.213. The number of aromatic nitrogens is 3. The van der Waals surface area contributed by atoms with E-state index in [0.717, 1.165) is 72.8 Å². The molecule has 3 aromatic heterocycles. The van der Waals surface area contributed by atoms with Crippen LogP contribution < -0.4 is 11.1 Å². The Hall–Kier alpha value is -5.16. The van der Waals surface area contributed by atoms with Gasteiger partial charge in [-0.1, -0.05) is 37.6 Å². The van der Waals surface area contributed by atoms with Crippen molar-refractivity contribution in [2.24, 2.45) is 0 Å². The molecule has 0 spiro atoms. The third-order valence-corrected chi connectivity index (χ3v) is 9.06. The minimum Gasteiger partial charge on any atom is -0.274 e. The van der Waals surface area contributed by atoms with Crippen LogP contribution in [-0.2, 0) is 6.54 Å². The van der Waals surface area contributed by atoms with Gasteiger partial charge in [0, 0.05) is 31.3 Å². The molecule has 5 nitrogen and oxygen atoms in total. The summed E-state index contributed by atoms with van der Waals surface area (Å²) in [5, 5.41) is 12.0. The minimum absolute atomic E-state index is 0.186. The minimum atomic E-state index is -0.186. The van der Waals surface area contributed by atoms with Crippen molar-refractivity contribution < 1.29 is 0 Å². The topological polar surface area (TPSA) is 64.8 Å². The molecule has 0 unspecified atom stereocenters. The van der Waals surface area contributed by atoms with Gasteiger partial charge in [-0.3, -0.25) is 24.1 Å². The van der Waals surface area contributed by atoms with Gasteiger partial charge in [0.25, 0.3) is 11.1 Å². The standard InChI is InChI=1S/C36H23N3O2/c1-2-3-16-39-35(40)33-26-17-24(19-8-12-37-13-9-19)22-6-4-21-5-7-23-25(20-10-14-38-15-11-20)18-27(34(33)36(39)41)32-30(23)28(21)29(22)31(26)32/h4-15,17-18H,2-3,16H2,1H3. The van der Waals surface area contributed by atoms with Crippen LogP contribution in [-0.4, -0.2) is 14.5 Å². The number of unbranched alkanes of at least 4 members (excludes halogenated alkanes) is 1. The highest BCUT2D eigenvalue weighted by Gasteiger charge is 2.29. The van der Waals surface area contributed by atoms with Gasteiger partial charge in [0.05, 0.1) is 10.8 Å². The first-order valence-corrected chi connectivity index (χ1v) is 14.1. The summed E-state index contributed by atoms with van der Waals surface area (Å²) >= 11 is 0. The molecule has 0 saturated heterocycles. The summed E-state index contributed by atoms with van der Waals surface area (Å²) < 4.78 is 1.47. The fourth-order valence-corrected chi connectivity index (χ4v) is 7.29. The lowest BCUT2D eigenvalue weighted by molar-refractivity contribution is 0.609. The fraction of sp³-hybridized carbons (Fsp3) is 0.111. The number of pyridine rings is 2. The molecular formula is C36H23N3O2. The van der Waals surface area contributed by atoms with E-state index in [1.54, 1.807) is 24.8 Å². The molecule has 0 radical (unpaired) electrons. The lowest BCUT2D eigenvalue weighted by atomic mass is 9.89. The van der Waals surface area contributed by atoms with Crippen molar-refractivity contribution in [2.45, 2.75) is 26.3 Å². The smallest absolute Gasteiger partial charge is 0.262 e. The molecule has 0 fully saturated rings. The van der Waals surface area contributed by atoms with Crippen LogP contribution in [0.3, 0.4) is 0 Å². The van der Waals surface area contributed by atoms with Crippen LogP contribution in [0.5, 0.6) is 0 Å². The Bertz CT molecular complexity index is 2370. The van der Waals surface area contributed by atoms with Gasteiger partial charge in [-0.2, -0.15) is 0 Å². The van der Waals surface area contributed by atoms with Gasteiger partial charge in [0.15, 0.2) is 0 Å². The van der Waals surface area contributed by atoms with Crippen molar-refractivity contribution in [3.63, 3.8) is 0 Å². The summed E-state index contributed by atoms with van der Waals surface area (Å²) in [5.41, 5.74) is 3.79. The Labute approximate surface area is 233 Å². The second-order valence-electron chi connectivity index (χ2n) is 11.1.